The van der Waals surface area contributed by atoms with E-state index in [0.29, 0.717) is 5.69 Å². The maximum absolute atomic E-state index is 11.5. The Morgan fingerprint density at radius 3 is 2.61 bits per heavy atom. The van der Waals surface area contributed by atoms with Crippen LogP contribution in [0, 0.1) is 4.91 Å². The number of hydrogen-bond donors (Lipinski definition) is 0. The normalized spacial score (nSPS) is 18.4. The molecule has 0 spiro atoms. The van der Waals surface area contributed by atoms with Crippen LogP contribution in [0.25, 0.3) is 6.08 Å². The molecule has 3 heteroatoms. The molecule has 0 radical (unpaired) electrons. The van der Waals surface area contributed by atoms with Gasteiger partial charge in [0.25, 0.3) is 0 Å². The Kier molecular flexibility index (Phi) is 7.63. The van der Waals surface area contributed by atoms with Crippen LogP contribution in [-0.2, 0) is 5.41 Å². The van der Waals surface area contributed by atoms with Gasteiger partial charge in [-0.1, -0.05) is 58.1 Å². The van der Waals surface area contributed by atoms with Crippen molar-refractivity contribution < 1.29 is 4.74 Å². The van der Waals surface area contributed by atoms with Crippen molar-refractivity contribution in [3.8, 4) is 5.75 Å². The second-order valence-electron chi connectivity index (χ2n) is 9.26. The average molecular weight is 384 g/mol. The van der Waals surface area contributed by atoms with Crippen LogP contribution in [0.15, 0.2) is 35.0 Å². The monoisotopic (exact) mass is 383 g/mol. The molecule has 0 saturated carbocycles. The maximum atomic E-state index is 11.5. The first-order valence-electron chi connectivity index (χ1n) is 10.7. The second-order valence-corrected chi connectivity index (χ2v) is 9.26. The van der Waals surface area contributed by atoms with Crippen molar-refractivity contribution in [2.24, 2.45) is 5.18 Å². The summed E-state index contributed by atoms with van der Waals surface area (Å²) in [6.45, 7) is 13.1. The van der Waals surface area contributed by atoms with Crippen LogP contribution in [-0.4, -0.2) is 5.60 Å². The minimum atomic E-state index is -0.358. The van der Waals surface area contributed by atoms with Crippen molar-refractivity contribution in [3.05, 3.63) is 45.9 Å². The van der Waals surface area contributed by atoms with Crippen LogP contribution in [0.4, 0.5) is 5.69 Å². The number of rotatable bonds is 10. The van der Waals surface area contributed by atoms with Gasteiger partial charge < -0.3 is 4.74 Å². The van der Waals surface area contributed by atoms with Crippen LogP contribution in [0.3, 0.4) is 0 Å². The van der Waals surface area contributed by atoms with Gasteiger partial charge >= 0.3 is 0 Å². The third-order valence-electron chi connectivity index (χ3n) is 5.79. The van der Waals surface area contributed by atoms with Gasteiger partial charge in [0.05, 0.1) is 0 Å². The number of ether oxygens (including phenoxy) is 1. The third kappa shape index (κ3) is 5.80. The zero-order chi connectivity index (χ0) is 20.8. The molecule has 0 aromatic heterocycles. The van der Waals surface area contributed by atoms with Crippen molar-refractivity contribution in [2.75, 3.05) is 0 Å². The predicted octanol–water partition coefficient (Wildman–Crippen LogP) is 8.24. The summed E-state index contributed by atoms with van der Waals surface area (Å²) in [5.74, 6) is 0.788. The minimum Gasteiger partial charge on any atom is -0.483 e. The Hall–Kier alpha value is -1.90. The highest BCUT2D eigenvalue weighted by Crippen LogP contribution is 2.43. The highest BCUT2D eigenvalue weighted by molar-refractivity contribution is 5.73. The third-order valence-corrected chi connectivity index (χ3v) is 5.79. The van der Waals surface area contributed by atoms with Gasteiger partial charge in [0.15, 0.2) is 0 Å². The Morgan fingerprint density at radius 1 is 1.21 bits per heavy atom. The first-order valence-corrected chi connectivity index (χ1v) is 10.7. The van der Waals surface area contributed by atoms with E-state index in [9.17, 15) is 4.91 Å². The molecule has 1 atom stereocenters. The molecule has 0 fully saturated rings. The molecule has 3 nitrogen and oxygen atoms in total. The fourth-order valence-corrected chi connectivity index (χ4v) is 3.79. The van der Waals surface area contributed by atoms with Crippen molar-refractivity contribution in [2.45, 2.75) is 97.5 Å². The van der Waals surface area contributed by atoms with Gasteiger partial charge in [0.1, 0.15) is 17.0 Å². The van der Waals surface area contributed by atoms with E-state index < -0.39 is 0 Å². The molecule has 1 unspecified atom stereocenters. The zero-order valence-electron chi connectivity index (χ0n) is 18.6. The van der Waals surface area contributed by atoms with E-state index in [2.05, 4.69) is 64.9 Å². The summed E-state index contributed by atoms with van der Waals surface area (Å²) in [6.07, 6.45) is 14.3. The summed E-state index contributed by atoms with van der Waals surface area (Å²) in [5, 5.41) is 3.31. The summed E-state index contributed by atoms with van der Waals surface area (Å²) < 4.78 is 6.41. The molecule has 0 bridgehead atoms. The van der Waals surface area contributed by atoms with Gasteiger partial charge in [0, 0.05) is 5.56 Å². The number of benzene rings is 1. The molecule has 1 aromatic carbocycles. The fraction of sp³-hybridized carbons (Fsp3) is 0.600. The van der Waals surface area contributed by atoms with Crippen molar-refractivity contribution >= 4 is 11.8 Å². The zero-order valence-corrected chi connectivity index (χ0v) is 18.6. The van der Waals surface area contributed by atoms with Crippen LogP contribution in [0.5, 0.6) is 5.75 Å². The number of fused-ring (bicyclic) bond motifs is 1. The van der Waals surface area contributed by atoms with E-state index in [1.165, 1.54) is 31.3 Å². The van der Waals surface area contributed by atoms with Crippen LogP contribution in [0.1, 0.15) is 97.6 Å². The van der Waals surface area contributed by atoms with E-state index in [0.717, 1.165) is 36.1 Å². The molecule has 0 saturated heterocycles. The Bertz CT molecular complexity index is 741. The smallest absolute Gasteiger partial charge is 0.130 e. The van der Waals surface area contributed by atoms with E-state index >= 15 is 0 Å². The first-order chi connectivity index (χ1) is 13.2. The molecule has 1 aliphatic heterocycles. The number of nitrogens with zero attached hydrogens (tertiary/aromatic N) is 1. The Morgan fingerprint density at radius 2 is 1.96 bits per heavy atom. The quantitative estimate of drug-likeness (QED) is 0.232. The van der Waals surface area contributed by atoms with Gasteiger partial charge in [-0.3, -0.25) is 0 Å². The molecule has 0 aliphatic carbocycles. The van der Waals surface area contributed by atoms with Crippen LogP contribution >= 0.6 is 0 Å². The summed E-state index contributed by atoms with van der Waals surface area (Å²) in [6, 6.07) is 4.08. The minimum absolute atomic E-state index is 0.00874. The number of hydrogen-bond acceptors (Lipinski definition) is 3. The molecule has 1 heterocycles. The highest BCUT2D eigenvalue weighted by Gasteiger charge is 2.30. The number of unbranched alkanes of at least 4 members (excludes halogenated alkanes) is 3. The SMILES string of the molecule is CCCCCCC(C)(C)c1cc(N=O)c2c(c1)OC(C)(CCC=C(C)C)C=C2. The van der Waals surface area contributed by atoms with Gasteiger partial charge in [-0.05, 0) is 80.5 Å². The molecule has 1 aliphatic rings. The molecule has 28 heavy (non-hydrogen) atoms. The predicted molar refractivity (Wildman–Crippen MR) is 120 cm³/mol. The highest BCUT2D eigenvalue weighted by atomic mass is 16.5. The summed E-state index contributed by atoms with van der Waals surface area (Å²) in [7, 11) is 0. The summed E-state index contributed by atoms with van der Waals surface area (Å²) in [5.41, 5.74) is 3.38. The number of nitroso groups, excluding NO2 is 1. The standard InChI is InChI=1S/C25H37NO2/c1-7-8-9-10-14-24(4,5)20-17-22(26-27)21-13-16-25(6,28-23(21)18-20)15-11-12-19(2)3/h12-13,16-18H,7-11,14-15H2,1-6H3. The second kappa shape index (κ2) is 9.54. The summed E-state index contributed by atoms with van der Waals surface area (Å²) in [4.78, 5) is 11.5. The van der Waals surface area contributed by atoms with E-state index in [4.69, 9.17) is 4.74 Å². The topological polar surface area (TPSA) is 38.7 Å². The summed E-state index contributed by atoms with van der Waals surface area (Å²) >= 11 is 0. The molecule has 0 amide bonds. The lowest BCUT2D eigenvalue weighted by molar-refractivity contribution is 0.128. The largest absolute Gasteiger partial charge is 0.483 e. The molecular formula is C25H37NO2. The van der Waals surface area contributed by atoms with Gasteiger partial charge in [0.2, 0.25) is 0 Å². The van der Waals surface area contributed by atoms with Gasteiger partial charge in [-0.25, -0.2) is 0 Å². The van der Waals surface area contributed by atoms with Gasteiger partial charge in [-0.15, -0.1) is 4.91 Å². The van der Waals surface area contributed by atoms with Crippen LogP contribution < -0.4 is 4.74 Å². The molecule has 0 N–H and O–H groups in total. The van der Waals surface area contributed by atoms with Crippen LogP contribution in [0.2, 0.25) is 0 Å². The van der Waals surface area contributed by atoms with Crippen molar-refractivity contribution in [3.63, 3.8) is 0 Å². The van der Waals surface area contributed by atoms with E-state index in [1.54, 1.807) is 0 Å². The Labute approximate surface area is 171 Å². The lowest BCUT2D eigenvalue weighted by Gasteiger charge is -2.33. The molecule has 154 valence electrons. The number of allylic oxidation sites excluding steroid dienone is 2. The maximum Gasteiger partial charge on any atom is 0.130 e. The van der Waals surface area contributed by atoms with Crippen molar-refractivity contribution in [1.82, 2.24) is 0 Å². The van der Waals surface area contributed by atoms with Crippen molar-refractivity contribution in [1.29, 1.82) is 0 Å². The Balaban J connectivity index is 2.25. The fourth-order valence-electron chi connectivity index (χ4n) is 3.79. The lowest BCUT2D eigenvalue weighted by Crippen LogP contribution is -2.32. The molecule has 1 aromatic rings. The molecule has 2 rings (SSSR count). The first kappa shape index (κ1) is 22.4. The van der Waals surface area contributed by atoms with Gasteiger partial charge in [-0.2, -0.15) is 0 Å². The van der Waals surface area contributed by atoms with E-state index in [-0.39, 0.29) is 11.0 Å². The average Bonchev–Trinajstić information content (AvgIpc) is 2.63. The molecular weight excluding hydrogens is 346 g/mol. The van der Waals surface area contributed by atoms with E-state index in [1.807, 2.05) is 12.1 Å². The lowest BCUT2D eigenvalue weighted by atomic mass is 9.79.